The molecule has 0 aliphatic carbocycles. The maximum Gasteiger partial charge on any atom is 0.341 e. The highest BCUT2D eigenvalue weighted by molar-refractivity contribution is 7.80. The molecule has 0 saturated heterocycles. The molecule has 1 rings (SSSR count). The molecule has 1 aromatic carbocycles. The highest BCUT2D eigenvalue weighted by Crippen LogP contribution is 2.28. The number of benzene rings is 1. The Morgan fingerprint density at radius 3 is 2.31 bits per heavy atom. The fourth-order valence-corrected chi connectivity index (χ4v) is 2.67. The molecule has 0 aromatic heterocycles. The lowest BCUT2D eigenvalue weighted by atomic mass is 10.2. The maximum atomic E-state index is 5.78. The molecule has 5 heteroatoms. The largest absolute Gasteiger partial charge is 0.341 e. The molecule has 1 aromatic rings. The molecular weight excluding hydrogens is 263 g/mol. The molecule has 0 atom stereocenters. The van der Waals surface area contributed by atoms with E-state index in [-0.39, 0.29) is 0 Å². The van der Waals surface area contributed by atoms with Gasteiger partial charge in [-0.25, -0.2) is 0 Å². The third-order valence-electron chi connectivity index (χ3n) is 1.67. The Morgan fingerprint density at radius 2 is 1.77 bits per heavy atom. The first-order chi connectivity index (χ1) is 5.99. The van der Waals surface area contributed by atoms with Crippen LogP contribution in [0.4, 0.5) is 0 Å². The van der Waals surface area contributed by atoms with Crippen molar-refractivity contribution in [1.82, 2.24) is 0 Å². The summed E-state index contributed by atoms with van der Waals surface area (Å²) in [5.74, 6) is 0. The summed E-state index contributed by atoms with van der Waals surface area (Å²) in [6, 6.07) is 6.03. The van der Waals surface area contributed by atoms with Gasteiger partial charge in [-0.3, -0.25) is 0 Å². The Hall–Kier alpha value is 0.657. The van der Waals surface area contributed by atoms with E-state index < -0.39 is 6.00 Å². The van der Waals surface area contributed by atoms with E-state index in [1.807, 2.05) is 24.3 Å². The van der Waals surface area contributed by atoms with E-state index in [9.17, 15) is 0 Å². The SMILES string of the molecule is Sc1ccccc1CC[Si](Cl)(Cl)Cl. The maximum absolute atomic E-state index is 5.78. The van der Waals surface area contributed by atoms with Gasteiger partial charge in [-0.1, -0.05) is 18.2 Å². The Morgan fingerprint density at radius 1 is 1.15 bits per heavy atom. The summed E-state index contributed by atoms with van der Waals surface area (Å²) in [4.78, 5) is 0.964. The van der Waals surface area contributed by atoms with Gasteiger partial charge in [0, 0.05) is 4.90 Å². The first-order valence-corrected chi connectivity index (χ1v) is 9.51. The number of rotatable bonds is 3. The van der Waals surface area contributed by atoms with E-state index in [0.29, 0.717) is 6.04 Å². The van der Waals surface area contributed by atoms with Crippen LogP contribution < -0.4 is 0 Å². The van der Waals surface area contributed by atoms with Crippen molar-refractivity contribution in [2.45, 2.75) is 17.4 Å². The van der Waals surface area contributed by atoms with Gasteiger partial charge in [-0.05, 0) is 24.1 Å². The molecule has 0 aliphatic rings. The highest BCUT2D eigenvalue weighted by Gasteiger charge is 2.24. The molecule has 0 amide bonds. The van der Waals surface area contributed by atoms with E-state index in [4.69, 9.17) is 33.2 Å². The first-order valence-electron chi connectivity index (χ1n) is 3.83. The van der Waals surface area contributed by atoms with Crippen LogP contribution in [0.3, 0.4) is 0 Å². The average Bonchev–Trinajstić information content (AvgIpc) is 2.01. The van der Waals surface area contributed by atoms with Crippen molar-refractivity contribution in [1.29, 1.82) is 0 Å². The van der Waals surface area contributed by atoms with E-state index in [1.54, 1.807) is 0 Å². The molecule has 0 saturated carbocycles. The first kappa shape index (κ1) is 11.7. The number of hydrogen-bond acceptors (Lipinski definition) is 1. The van der Waals surface area contributed by atoms with Gasteiger partial charge in [-0.2, -0.15) is 0 Å². The zero-order valence-corrected chi connectivity index (χ0v) is 11.0. The fraction of sp³-hybridized carbons (Fsp3) is 0.250. The molecule has 0 aliphatic heterocycles. The molecule has 0 bridgehead atoms. The Labute approximate surface area is 98.7 Å². The summed E-state index contributed by atoms with van der Waals surface area (Å²) in [6.07, 6.45) is 0.794. The highest BCUT2D eigenvalue weighted by atomic mass is 35.8. The quantitative estimate of drug-likeness (QED) is 0.476. The smallest absolute Gasteiger partial charge is 0.143 e. The lowest BCUT2D eigenvalue weighted by molar-refractivity contribution is 1.07. The van der Waals surface area contributed by atoms with Crippen LogP contribution in [0.5, 0.6) is 0 Å². The molecule has 0 unspecified atom stereocenters. The fourth-order valence-electron chi connectivity index (χ4n) is 0.999. The van der Waals surface area contributed by atoms with Gasteiger partial charge in [-0.15, -0.1) is 45.9 Å². The number of thiol groups is 1. The minimum absolute atomic E-state index is 0.648. The van der Waals surface area contributed by atoms with E-state index in [2.05, 4.69) is 12.6 Å². The van der Waals surface area contributed by atoms with Crippen molar-refractivity contribution in [3.8, 4) is 0 Å². The van der Waals surface area contributed by atoms with Gasteiger partial charge >= 0.3 is 6.00 Å². The molecule has 72 valence electrons. The van der Waals surface area contributed by atoms with Crippen LogP contribution in [0.1, 0.15) is 5.56 Å². The van der Waals surface area contributed by atoms with Crippen molar-refractivity contribution in [3.05, 3.63) is 29.8 Å². The Kier molecular flexibility index (Phi) is 4.46. The van der Waals surface area contributed by atoms with Gasteiger partial charge in [0.2, 0.25) is 0 Å². The third kappa shape index (κ3) is 4.61. The predicted molar refractivity (Wildman–Crippen MR) is 65.5 cm³/mol. The molecular formula is C8H9Cl3SSi. The van der Waals surface area contributed by atoms with Crippen LogP contribution in [-0.2, 0) is 6.42 Å². The van der Waals surface area contributed by atoms with Gasteiger partial charge in [0.1, 0.15) is 0 Å². The van der Waals surface area contributed by atoms with E-state index in [0.717, 1.165) is 16.9 Å². The second kappa shape index (κ2) is 4.94. The van der Waals surface area contributed by atoms with Crippen LogP contribution in [0.15, 0.2) is 29.2 Å². The summed E-state index contributed by atoms with van der Waals surface area (Å²) in [6.45, 7) is 0. The van der Waals surface area contributed by atoms with Crippen LogP contribution in [-0.4, -0.2) is 6.00 Å². The second-order valence-electron chi connectivity index (χ2n) is 2.74. The number of aryl methyl sites for hydroxylation is 1. The third-order valence-corrected chi connectivity index (χ3v) is 4.62. The minimum Gasteiger partial charge on any atom is -0.143 e. The van der Waals surface area contributed by atoms with Crippen molar-refractivity contribution in [2.75, 3.05) is 0 Å². The van der Waals surface area contributed by atoms with Crippen molar-refractivity contribution >= 4 is 51.9 Å². The van der Waals surface area contributed by atoms with Gasteiger partial charge in [0.05, 0.1) is 0 Å². The molecule has 0 N–H and O–H groups in total. The lowest BCUT2D eigenvalue weighted by Gasteiger charge is -2.08. The number of hydrogen-bond donors (Lipinski definition) is 1. The summed E-state index contributed by atoms with van der Waals surface area (Å²) in [5.41, 5.74) is 1.14. The topological polar surface area (TPSA) is 0 Å². The molecule has 0 nitrogen and oxygen atoms in total. The Bertz CT molecular complexity index is 285. The van der Waals surface area contributed by atoms with Gasteiger partial charge in [0.25, 0.3) is 0 Å². The average molecular weight is 272 g/mol. The summed E-state index contributed by atoms with van der Waals surface area (Å²) in [5, 5.41) is 0. The molecule has 0 spiro atoms. The van der Waals surface area contributed by atoms with Crippen LogP contribution in [0, 0.1) is 0 Å². The van der Waals surface area contributed by atoms with Crippen molar-refractivity contribution < 1.29 is 0 Å². The second-order valence-corrected chi connectivity index (χ2v) is 12.5. The molecule has 0 radical (unpaired) electrons. The monoisotopic (exact) mass is 270 g/mol. The summed E-state index contributed by atoms with van der Waals surface area (Å²) in [7, 11) is 0. The van der Waals surface area contributed by atoms with Gasteiger partial charge < -0.3 is 0 Å². The molecule has 0 heterocycles. The van der Waals surface area contributed by atoms with Crippen molar-refractivity contribution in [2.24, 2.45) is 0 Å². The predicted octanol–water partition coefficient (Wildman–Crippen LogP) is 4.17. The lowest BCUT2D eigenvalue weighted by Crippen LogP contribution is -2.09. The van der Waals surface area contributed by atoms with Crippen LogP contribution >= 0.6 is 45.9 Å². The summed E-state index contributed by atoms with van der Waals surface area (Å²) < 4.78 is 0. The number of halogens is 3. The van der Waals surface area contributed by atoms with Crippen LogP contribution in [0.2, 0.25) is 6.04 Å². The van der Waals surface area contributed by atoms with Crippen molar-refractivity contribution in [3.63, 3.8) is 0 Å². The van der Waals surface area contributed by atoms with E-state index >= 15 is 0 Å². The summed E-state index contributed by atoms with van der Waals surface area (Å²) >= 11 is 21.7. The standard InChI is InChI=1S/C8H9Cl3SSi/c9-13(10,11)6-5-7-3-1-2-4-8(7)12/h1-4,12H,5-6H2. The normalized spacial score (nSPS) is 11.7. The van der Waals surface area contributed by atoms with Gasteiger partial charge in [0.15, 0.2) is 0 Å². The zero-order chi connectivity index (χ0) is 9.90. The minimum atomic E-state index is -2.48. The zero-order valence-electron chi connectivity index (χ0n) is 6.80. The molecule has 0 fully saturated rings. The van der Waals surface area contributed by atoms with E-state index in [1.165, 1.54) is 0 Å². The Balaban J connectivity index is 2.60. The molecule has 13 heavy (non-hydrogen) atoms. The van der Waals surface area contributed by atoms with Crippen LogP contribution in [0.25, 0.3) is 0 Å².